The molecule has 0 aliphatic heterocycles. The molecule has 0 atom stereocenters. The molecular formula is C34H43N9O5S. The van der Waals surface area contributed by atoms with Gasteiger partial charge in [-0.25, -0.2) is 4.98 Å². The Hall–Kier alpha value is -5.28. The lowest BCUT2D eigenvalue weighted by atomic mass is 10.1. The largest absolute Gasteiger partial charge is 0.360 e. The second-order valence-corrected chi connectivity index (χ2v) is 13.4. The average molecular weight is 690 g/mol. The monoisotopic (exact) mass is 689 g/mol. The van der Waals surface area contributed by atoms with Crippen LogP contribution in [0, 0.1) is 16.0 Å². The molecular weight excluding hydrogens is 646 g/mol. The highest BCUT2D eigenvalue weighted by atomic mass is 32.1. The summed E-state index contributed by atoms with van der Waals surface area (Å²) in [7, 11) is 7.41. The van der Waals surface area contributed by atoms with Crippen molar-refractivity contribution < 1.29 is 19.3 Å². The molecule has 15 heteroatoms. The zero-order valence-corrected chi connectivity index (χ0v) is 29.4. The van der Waals surface area contributed by atoms with Gasteiger partial charge in [0.15, 0.2) is 5.13 Å². The molecule has 1 aromatic carbocycles. The van der Waals surface area contributed by atoms with Crippen LogP contribution in [0.3, 0.4) is 0 Å². The molecule has 0 spiro atoms. The Kier molecular flexibility index (Phi) is 12.5. The molecule has 3 aromatic heterocycles. The van der Waals surface area contributed by atoms with Crippen molar-refractivity contribution in [3.8, 4) is 0 Å². The summed E-state index contributed by atoms with van der Waals surface area (Å²) in [5.74, 6) is -0.603. The lowest BCUT2D eigenvalue weighted by molar-refractivity contribution is -0.384. The Bertz CT molecular complexity index is 1820. The average Bonchev–Trinajstić information content (AvgIpc) is 3.74. The summed E-state index contributed by atoms with van der Waals surface area (Å²) in [6.07, 6.45) is 9.20. The molecule has 260 valence electrons. The minimum absolute atomic E-state index is 0.0159. The fraction of sp³-hybridized carbons (Fsp3) is 0.353. The highest BCUT2D eigenvalue weighted by molar-refractivity contribution is 7.16. The molecule has 0 aliphatic carbocycles. The van der Waals surface area contributed by atoms with E-state index in [1.54, 1.807) is 72.2 Å². The van der Waals surface area contributed by atoms with E-state index in [0.717, 1.165) is 29.8 Å². The molecule has 0 radical (unpaired) electrons. The number of aryl methyl sites for hydroxylation is 3. The zero-order valence-electron chi connectivity index (χ0n) is 28.6. The first-order chi connectivity index (χ1) is 23.3. The van der Waals surface area contributed by atoms with Crippen LogP contribution in [0.1, 0.15) is 68.6 Å². The Labute approximate surface area is 289 Å². The Morgan fingerprint density at radius 1 is 0.980 bits per heavy atom. The van der Waals surface area contributed by atoms with Crippen molar-refractivity contribution in [2.45, 2.75) is 33.1 Å². The number of carbonyl (C=O) groups is 3. The number of hydrogen-bond donors (Lipinski definition) is 4. The number of nitro groups is 1. The van der Waals surface area contributed by atoms with Crippen molar-refractivity contribution in [2.24, 2.45) is 20.0 Å². The van der Waals surface area contributed by atoms with Crippen LogP contribution in [-0.4, -0.2) is 68.8 Å². The van der Waals surface area contributed by atoms with Crippen LogP contribution in [0.15, 0.2) is 55.0 Å². The number of non-ortho nitro benzene ring substituents is 1. The van der Waals surface area contributed by atoms with E-state index in [1.165, 1.54) is 23.5 Å². The standard InChI is InChI=1S/C34H43N9O5S/c1-22(2)8-13-29-30(33(46)36-15-7-17-40(3)4)38-34(49-29)39-32(45)28-19-25(21-42(28)6)37-31(44)27-18-24(20-41(27)5)35-16-14-23-9-11-26(12-10-23)43(47)48/h9-12,14,16,18-22,35H,7-8,13,15,17H2,1-6H3,(H,36,46)(H,37,44)(H,38,39,45)/b16-14+. The molecule has 0 bridgehead atoms. The Morgan fingerprint density at radius 3 is 2.24 bits per heavy atom. The fourth-order valence-electron chi connectivity index (χ4n) is 4.88. The van der Waals surface area contributed by atoms with E-state index < -0.39 is 10.8 Å². The highest BCUT2D eigenvalue weighted by Gasteiger charge is 2.22. The number of benzene rings is 1. The van der Waals surface area contributed by atoms with Gasteiger partial charge in [0.2, 0.25) is 0 Å². The van der Waals surface area contributed by atoms with Crippen LogP contribution in [0.5, 0.6) is 0 Å². The molecule has 0 saturated heterocycles. The fourth-order valence-corrected chi connectivity index (χ4v) is 5.85. The maximum Gasteiger partial charge on any atom is 0.274 e. The van der Waals surface area contributed by atoms with Crippen LogP contribution >= 0.6 is 11.3 Å². The van der Waals surface area contributed by atoms with Gasteiger partial charge in [0.05, 0.1) is 16.3 Å². The molecule has 0 fully saturated rings. The number of aromatic nitrogens is 3. The maximum atomic E-state index is 13.3. The molecule has 49 heavy (non-hydrogen) atoms. The van der Waals surface area contributed by atoms with Crippen LogP contribution in [0.25, 0.3) is 6.08 Å². The zero-order chi connectivity index (χ0) is 35.7. The summed E-state index contributed by atoms with van der Waals surface area (Å²) in [6.45, 7) is 5.62. The smallest absolute Gasteiger partial charge is 0.274 e. The van der Waals surface area contributed by atoms with E-state index in [-0.39, 0.29) is 17.5 Å². The summed E-state index contributed by atoms with van der Waals surface area (Å²) in [5, 5.41) is 22.9. The van der Waals surface area contributed by atoms with Crippen molar-refractivity contribution >= 4 is 57.3 Å². The summed E-state index contributed by atoms with van der Waals surface area (Å²) in [4.78, 5) is 57.3. The molecule has 4 rings (SSSR count). The second kappa shape index (κ2) is 16.7. The van der Waals surface area contributed by atoms with E-state index >= 15 is 0 Å². The van der Waals surface area contributed by atoms with Gasteiger partial charge >= 0.3 is 0 Å². The number of anilines is 3. The number of nitrogens with zero attached hydrogens (tertiary/aromatic N) is 5. The number of nitro benzene ring substituents is 1. The molecule has 3 amide bonds. The minimum atomic E-state index is -0.451. The van der Waals surface area contributed by atoms with E-state index in [4.69, 9.17) is 0 Å². The SMILES string of the molecule is CC(C)CCc1sc(NC(=O)c2cc(NC(=O)c3cc(N/C=C/c4ccc([N+](=O)[O-])cc4)cn3C)cn2C)nc1C(=O)NCCCN(C)C. The molecule has 4 aromatic rings. The molecule has 0 unspecified atom stereocenters. The van der Waals surface area contributed by atoms with E-state index in [2.05, 4.69) is 45.0 Å². The van der Waals surface area contributed by atoms with Crippen LogP contribution in [0.2, 0.25) is 0 Å². The molecule has 0 saturated carbocycles. The normalized spacial score (nSPS) is 11.3. The first kappa shape index (κ1) is 36.6. The number of carbonyl (C=O) groups excluding carboxylic acids is 3. The summed E-state index contributed by atoms with van der Waals surface area (Å²) in [6, 6.07) is 9.40. The van der Waals surface area contributed by atoms with Gasteiger partial charge in [0, 0.05) is 56.2 Å². The first-order valence-electron chi connectivity index (χ1n) is 15.9. The van der Waals surface area contributed by atoms with Crippen molar-refractivity contribution in [1.82, 2.24) is 24.3 Å². The van der Waals surface area contributed by atoms with Crippen LogP contribution < -0.4 is 21.3 Å². The van der Waals surface area contributed by atoms with Gasteiger partial charge in [-0.05, 0) is 81.7 Å². The third-order valence-corrected chi connectivity index (χ3v) is 8.54. The van der Waals surface area contributed by atoms with E-state index in [0.29, 0.717) is 52.5 Å². The lowest BCUT2D eigenvalue weighted by Gasteiger charge is -2.10. The van der Waals surface area contributed by atoms with Gasteiger partial charge in [0.1, 0.15) is 17.1 Å². The topological polar surface area (TPSA) is 168 Å². The van der Waals surface area contributed by atoms with Gasteiger partial charge in [0.25, 0.3) is 23.4 Å². The van der Waals surface area contributed by atoms with Crippen LogP contribution in [-0.2, 0) is 20.5 Å². The quantitative estimate of drug-likeness (QED) is 0.0671. The van der Waals surface area contributed by atoms with Crippen molar-refractivity contribution in [3.63, 3.8) is 0 Å². The van der Waals surface area contributed by atoms with E-state index in [9.17, 15) is 24.5 Å². The minimum Gasteiger partial charge on any atom is -0.360 e. The number of rotatable bonds is 16. The lowest BCUT2D eigenvalue weighted by Crippen LogP contribution is -2.28. The summed E-state index contributed by atoms with van der Waals surface area (Å²) < 4.78 is 3.28. The molecule has 4 N–H and O–H groups in total. The number of hydrogen-bond acceptors (Lipinski definition) is 9. The van der Waals surface area contributed by atoms with Crippen LogP contribution in [0.4, 0.5) is 22.2 Å². The van der Waals surface area contributed by atoms with Crippen molar-refractivity contribution in [3.05, 3.63) is 92.6 Å². The highest BCUT2D eigenvalue weighted by Crippen LogP contribution is 2.27. The molecule has 3 heterocycles. The number of nitrogens with one attached hydrogen (secondary N) is 4. The third-order valence-electron chi connectivity index (χ3n) is 7.51. The second-order valence-electron chi connectivity index (χ2n) is 12.3. The summed E-state index contributed by atoms with van der Waals surface area (Å²) in [5.41, 5.74) is 2.90. The summed E-state index contributed by atoms with van der Waals surface area (Å²) >= 11 is 1.30. The van der Waals surface area contributed by atoms with Crippen molar-refractivity contribution in [2.75, 3.05) is 43.1 Å². The first-order valence-corrected chi connectivity index (χ1v) is 16.7. The van der Waals surface area contributed by atoms with Gasteiger partial charge in [-0.3, -0.25) is 29.8 Å². The van der Waals surface area contributed by atoms with Gasteiger partial charge < -0.3 is 30.0 Å². The number of amides is 3. The number of thiazole rings is 1. The predicted octanol–water partition coefficient (Wildman–Crippen LogP) is 5.59. The molecule has 14 nitrogen and oxygen atoms in total. The van der Waals surface area contributed by atoms with Crippen molar-refractivity contribution in [1.29, 1.82) is 0 Å². The molecule has 0 aliphatic rings. The third kappa shape index (κ3) is 10.4. The predicted molar refractivity (Wildman–Crippen MR) is 193 cm³/mol. The Balaban J connectivity index is 1.39. The van der Waals surface area contributed by atoms with E-state index in [1.807, 2.05) is 14.1 Å². The van der Waals surface area contributed by atoms with Gasteiger partial charge in [-0.2, -0.15) is 0 Å². The maximum absolute atomic E-state index is 13.3. The Morgan fingerprint density at radius 2 is 1.61 bits per heavy atom. The van der Waals surface area contributed by atoms with Gasteiger partial charge in [-0.1, -0.05) is 13.8 Å². The van der Waals surface area contributed by atoms with Gasteiger partial charge in [-0.15, -0.1) is 11.3 Å².